The predicted octanol–water partition coefficient (Wildman–Crippen LogP) is 2.80. The van der Waals surface area contributed by atoms with Crippen LogP contribution in [0.5, 0.6) is 5.75 Å². The molecule has 2 aromatic carbocycles. The van der Waals surface area contributed by atoms with Crippen molar-refractivity contribution in [2.45, 2.75) is 13.1 Å². The Kier molecular flexibility index (Phi) is 5.72. The van der Waals surface area contributed by atoms with Crippen molar-refractivity contribution in [3.05, 3.63) is 65.5 Å². The first-order valence-electron chi connectivity index (χ1n) is 7.03. The first-order chi connectivity index (χ1) is 10.2. The lowest BCUT2D eigenvalue weighted by Gasteiger charge is -2.18. The van der Waals surface area contributed by atoms with E-state index in [0.717, 1.165) is 11.3 Å². The highest BCUT2D eigenvalue weighted by atomic mass is 19.1. The lowest BCUT2D eigenvalue weighted by Crippen LogP contribution is -2.24. The fourth-order valence-corrected chi connectivity index (χ4v) is 2.12. The number of rotatable bonds is 7. The van der Waals surface area contributed by atoms with Gasteiger partial charge in [0.2, 0.25) is 0 Å². The van der Waals surface area contributed by atoms with Crippen LogP contribution in [0.3, 0.4) is 0 Å². The van der Waals surface area contributed by atoms with Crippen LogP contribution in [0.25, 0.3) is 0 Å². The van der Waals surface area contributed by atoms with Crippen molar-refractivity contribution in [1.29, 1.82) is 0 Å². The van der Waals surface area contributed by atoms with E-state index in [1.807, 2.05) is 42.3 Å². The summed E-state index contributed by atoms with van der Waals surface area (Å²) in [5, 5.41) is 0. The van der Waals surface area contributed by atoms with Gasteiger partial charge in [-0.15, -0.1) is 0 Å². The van der Waals surface area contributed by atoms with Crippen molar-refractivity contribution in [3.8, 4) is 5.75 Å². The molecule has 0 aliphatic heterocycles. The molecule has 3 nitrogen and oxygen atoms in total. The maximum atomic E-state index is 13.6. The Labute approximate surface area is 125 Å². The van der Waals surface area contributed by atoms with Crippen LogP contribution in [0.15, 0.2) is 48.5 Å². The van der Waals surface area contributed by atoms with Gasteiger partial charge in [0, 0.05) is 30.8 Å². The van der Waals surface area contributed by atoms with E-state index >= 15 is 0 Å². The minimum Gasteiger partial charge on any atom is -0.492 e. The van der Waals surface area contributed by atoms with Crippen LogP contribution in [0.2, 0.25) is 0 Å². The van der Waals surface area contributed by atoms with Crippen molar-refractivity contribution < 1.29 is 9.13 Å². The van der Waals surface area contributed by atoms with Gasteiger partial charge in [-0.3, -0.25) is 4.90 Å². The number of nitrogens with two attached hydrogens (primary N) is 1. The standard InChI is InChI=1S/C17H21FN2O/c1-20(13-15-7-2-4-8-16(15)18)10-11-21-17-9-5-3-6-14(17)12-19/h2-9H,10-13,19H2,1H3. The van der Waals surface area contributed by atoms with Gasteiger partial charge in [0.15, 0.2) is 0 Å². The summed E-state index contributed by atoms with van der Waals surface area (Å²) in [6.45, 7) is 2.28. The molecule has 0 spiro atoms. The van der Waals surface area contributed by atoms with Crippen LogP contribution >= 0.6 is 0 Å². The third-order valence-electron chi connectivity index (χ3n) is 3.32. The summed E-state index contributed by atoms with van der Waals surface area (Å²) in [5.74, 6) is 0.651. The van der Waals surface area contributed by atoms with Crippen LogP contribution in [-0.4, -0.2) is 25.1 Å². The molecule has 0 fully saturated rings. The third-order valence-corrected chi connectivity index (χ3v) is 3.32. The fraction of sp³-hybridized carbons (Fsp3) is 0.294. The molecule has 0 saturated carbocycles. The Morgan fingerprint density at radius 3 is 2.43 bits per heavy atom. The van der Waals surface area contributed by atoms with Crippen LogP contribution < -0.4 is 10.5 Å². The van der Waals surface area contributed by atoms with E-state index in [1.54, 1.807) is 12.1 Å². The average Bonchev–Trinajstić information content (AvgIpc) is 2.50. The average molecular weight is 288 g/mol. The summed E-state index contributed by atoms with van der Waals surface area (Å²) in [6.07, 6.45) is 0. The number of hydrogen-bond donors (Lipinski definition) is 1. The van der Waals surface area contributed by atoms with Crippen molar-refractivity contribution in [1.82, 2.24) is 4.90 Å². The van der Waals surface area contributed by atoms with Gasteiger partial charge < -0.3 is 10.5 Å². The molecule has 0 aromatic heterocycles. The Balaban J connectivity index is 1.82. The monoisotopic (exact) mass is 288 g/mol. The van der Waals surface area contributed by atoms with Crippen molar-refractivity contribution in [2.24, 2.45) is 5.73 Å². The molecule has 0 atom stereocenters. The maximum absolute atomic E-state index is 13.6. The van der Waals surface area contributed by atoms with E-state index in [-0.39, 0.29) is 5.82 Å². The lowest BCUT2D eigenvalue weighted by molar-refractivity contribution is 0.230. The molecule has 0 unspecified atom stereocenters. The number of halogens is 1. The van der Waals surface area contributed by atoms with Gasteiger partial charge in [0.05, 0.1) is 0 Å². The zero-order valence-corrected chi connectivity index (χ0v) is 12.3. The number of ether oxygens (including phenoxy) is 1. The van der Waals surface area contributed by atoms with Gasteiger partial charge in [-0.2, -0.15) is 0 Å². The first-order valence-corrected chi connectivity index (χ1v) is 7.03. The van der Waals surface area contributed by atoms with E-state index < -0.39 is 0 Å². The molecule has 0 amide bonds. The summed E-state index contributed by atoms with van der Waals surface area (Å²) in [5.41, 5.74) is 7.36. The Morgan fingerprint density at radius 1 is 1.05 bits per heavy atom. The molecule has 0 aliphatic carbocycles. The fourth-order valence-electron chi connectivity index (χ4n) is 2.12. The van der Waals surface area contributed by atoms with E-state index in [9.17, 15) is 4.39 Å². The number of hydrogen-bond acceptors (Lipinski definition) is 3. The number of para-hydroxylation sites is 1. The first kappa shape index (κ1) is 15.5. The molecule has 2 aromatic rings. The number of nitrogens with zero attached hydrogens (tertiary/aromatic N) is 1. The molecule has 0 bridgehead atoms. The smallest absolute Gasteiger partial charge is 0.127 e. The Bertz CT molecular complexity index is 574. The molecule has 0 radical (unpaired) electrons. The Hall–Kier alpha value is -1.91. The van der Waals surface area contributed by atoms with E-state index in [4.69, 9.17) is 10.5 Å². The molecule has 2 N–H and O–H groups in total. The molecule has 0 aliphatic rings. The van der Waals surface area contributed by atoms with Gasteiger partial charge >= 0.3 is 0 Å². The molecular formula is C17H21FN2O. The summed E-state index contributed by atoms with van der Waals surface area (Å²) < 4.78 is 19.3. The van der Waals surface area contributed by atoms with Crippen molar-refractivity contribution >= 4 is 0 Å². The van der Waals surface area contributed by atoms with Crippen molar-refractivity contribution in [2.75, 3.05) is 20.2 Å². The van der Waals surface area contributed by atoms with E-state index in [1.165, 1.54) is 6.07 Å². The normalized spacial score (nSPS) is 10.9. The molecule has 112 valence electrons. The molecule has 0 heterocycles. The van der Waals surface area contributed by atoms with Crippen LogP contribution in [-0.2, 0) is 13.1 Å². The highest BCUT2D eigenvalue weighted by molar-refractivity contribution is 5.32. The SMILES string of the molecule is CN(CCOc1ccccc1CN)Cc1ccccc1F. The number of benzene rings is 2. The molecule has 0 saturated heterocycles. The summed E-state index contributed by atoms with van der Waals surface area (Å²) in [7, 11) is 1.95. The zero-order valence-electron chi connectivity index (χ0n) is 12.3. The lowest BCUT2D eigenvalue weighted by atomic mass is 10.2. The zero-order chi connectivity index (χ0) is 15.1. The second-order valence-electron chi connectivity index (χ2n) is 4.99. The third kappa shape index (κ3) is 4.55. The van der Waals surface area contributed by atoms with Crippen LogP contribution in [0, 0.1) is 5.82 Å². The maximum Gasteiger partial charge on any atom is 0.127 e. The summed E-state index contributed by atoms with van der Waals surface area (Å²) >= 11 is 0. The van der Waals surface area contributed by atoms with Gasteiger partial charge in [-0.1, -0.05) is 36.4 Å². The van der Waals surface area contributed by atoms with Crippen molar-refractivity contribution in [3.63, 3.8) is 0 Å². The van der Waals surface area contributed by atoms with Gasteiger partial charge in [0.1, 0.15) is 18.2 Å². The Morgan fingerprint density at radius 2 is 1.71 bits per heavy atom. The number of likely N-dealkylation sites (N-methyl/N-ethyl adjacent to an activating group) is 1. The minimum absolute atomic E-state index is 0.168. The summed E-state index contributed by atoms with van der Waals surface area (Å²) in [4.78, 5) is 2.03. The highest BCUT2D eigenvalue weighted by Crippen LogP contribution is 2.17. The topological polar surface area (TPSA) is 38.5 Å². The largest absolute Gasteiger partial charge is 0.492 e. The molecule has 2 rings (SSSR count). The molecule has 21 heavy (non-hydrogen) atoms. The highest BCUT2D eigenvalue weighted by Gasteiger charge is 2.06. The second kappa shape index (κ2) is 7.76. The second-order valence-corrected chi connectivity index (χ2v) is 4.99. The van der Waals surface area contributed by atoms with E-state index in [0.29, 0.717) is 31.8 Å². The quantitative estimate of drug-likeness (QED) is 0.851. The molecule has 4 heteroatoms. The summed E-state index contributed by atoms with van der Waals surface area (Å²) in [6, 6.07) is 14.6. The molecular weight excluding hydrogens is 267 g/mol. The minimum atomic E-state index is -0.168. The van der Waals surface area contributed by atoms with Gasteiger partial charge in [0.25, 0.3) is 0 Å². The van der Waals surface area contributed by atoms with Gasteiger partial charge in [-0.05, 0) is 19.2 Å². The van der Waals surface area contributed by atoms with Crippen LogP contribution in [0.1, 0.15) is 11.1 Å². The van der Waals surface area contributed by atoms with E-state index in [2.05, 4.69) is 0 Å². The van der Waals surface area contributed by atoms with Crippen LogP contribution in [0.4, 0.5) is 4.39 Å². The predicted molar refractivity (Wildman–Crippen MR) is 82.6 cm³/mol. The van der Waals surface area contributed by atoms with Gasteiger partial charge in [-0.25, -0.2) is 4.39 Å².